The van der Waals surface area contributed by atoms with Crippen molar-refractivity contribution in [2.75, 3.05) is 6.54 Å². The van der Waals surface area contributed by atoms with E-state index in [-0.39, 0.29) is 25.4 Å². The second-order valence-corrected chi connectivity index (χ2v) is 9.80. The molecule has 0 radical (unpaired) electrons. The number of hydrogen-bond acceptors (Lipinski definition) is 6. The summed E-state index contributed by atoms with van der Waals surface area (Å²) in [5.41, 5.74) is 12.7. The summed E-state index contributed by atoms with van der Waals surface area (Å²) >= 11 is 0. The molecule has 42 heavy (non-hydrogen) atoms. The summed E-state index contributed by atoms with van der Waals surface area (Å²) in [6.07, 6.45) is 0.932. The van der Waals surface area contributed by atoms with Crippen LogP contribution in [0, 0.1) is 0 Å². The summed E-state index contributed by atoms with van der Waals surface area (Å²) in [6.45, 7) is 0.350. The van der Waals surface area contributed by atoms with Gasteiger partial charge in [0.25, 0.3) is 5.91 Å². The first kappa shape index (κ1) is 29.7. The first-order chi connectivity index (χ1) is 20.2. The number of primary amides is 1. The van der Waals surface area contributed by atoms with E-state index >= 15 is 0 Å². The highest BCUT2D eigenvalue weighted by molar-refractivity contribution is 5.89. The Morgan fingerprint density at radius 2 is 1.33 bits per heavy atom. The molecule has 0 saturated carbocycles. The van der Waals surface area contributed by atoms with E-state index in [0.29, 0.717) is 30.5 Å². The molecule has 1 saturated heterocycles. The summed E-state index contributed by atoms with van der Waals surface area (Å²) in [7, 11) is 0. The molecule has 0 aromatic heterocycles. The van der Waals surface area contributed by atoms with E-state index in [2.05, 4.69) is 10.9 Å². The molecule has 13 nitrogen and oxygen atoms in total. The molecule has 0 spiro atoms. The van der Waals surface area contributed by atoms with Gasteiger partial charge in [-0.1, -0.05) is 72.8 Å². The van der Waals surface area contributed by atoms with Crippen molar-refractivity contribution in [2.45, 2.75) is 38.5 Å². The summed E-state index contributed by atoms with van der Waals surface area (Å²) in [5, 5.41) is 12.5. The molecule has 1 aliphatic rings. The van der Waals surface area contributed by atoms with Crippen LogP contribution in [0.3, 0.4) is 0 Å². The zero-order valence-corrected chi connectivity index (χ0v) is 22.9. The van der Waals surface area contributed by atoms with Crippen LogP contribution in [-0.2, 0) is 24.4 Å². The molecular formula is C29H34N8O5. The SMILES string of the molecule is NC(=O)N(Cc1ccccc1)NC(=O)N(Cc1ccccc1)NC(=O)[C@@H]1CCCN1C(=O)N(N)Cc1ccc(O)cc1. The Morgan fingerprint density at radius 1 is 0.786 bits per heavy atom. The lowest BCUT2D eigenvalue weighted by Crippen LogP contribution is -2.60. The van der Waals surface area contributed by atoms with Crippen molar-refractivity contribution in [3.8, 4) is 5.75 Å². The number of carbonyl (C=O) groups is 4. The Kier molecular flexibility index (Phi) is 9.79. The van der Waals surface area contributed by atoms with Gasteiger partial charge in [0.05, 0.1) is 19.6 Å². The monoisotopic (exact) mass is 574 g/mol. The Labute approximate surface area is 243 Å². The molecule has 1 heterocycles. The first-order valence-corrected chi connectivity index (χ1v) is 13.4. The molecule has 3 aromatic rings. The van der Waals surface area contributed by atoms with Gasteiger partial charge < -0.3 is 15.7 Å². The van der Waals surface area contributed by atoms with Gasteiger partial charge in [-0.2, -0.15) is 0 Å². The van der Waals surface area contributed by atoms with Crippen LogP contribution in [0.4, 0.5) is 14.4 Å². The molecule has 0 unspecified atom stereocenters. The highest BCUT2D eigenvalue weighted by Crippen LogP contribution is 2.20. The fraction of sp³-hybridized carbons (Fsp3) is 0.241. The summed E-state index contributed by atoms with van der Waals surface area (Å²) in [6, 6.07) is 21.1. The molecule has 1 aliphatic heterocycles. The number of amides is 7. The lowest BCUT2D eigenvalue weighted by molar-refractivity contribution is -0.129. The molecule has 0 aliphatic carbocycles. The number of phenolic OH excluding ortho intramolecular Hbond substituents is 1. The van der Waals surface area contributed by atoms with E-state index in [1.54, 1.807) is 60.7 Å². The van der Waals surface area contributed by atoms with Gasteiger partial charge >= 0.3 is 18.1 Å². The highest BCUT2D eigenvalue weighted by atomic mass is 16.3. The molecular weight excluding hydrogens is 540 g/mol. The smallest absolute Gasteiger partial charge is 0.355 e. The summed E-state index contributed by atoms with van der Waals surface area (Å²) in [5.74, 6) is 5.56. The third-order valence-corrected chi connectivity index (χ3v) is 6.69. The fourth-order valence-corrected chi connectivity index (χ4v) is 4.55. The number of phenols is 1. The summed E-state index contributed by atoms with van der Waals surface area (Å²) in [4.78, 5) is 53.5. The lowest BCUT2D eigenvalue weighted by atomic mass is 10.2. The van der Waals surface area contributed by atoms with Crippen molar-refractivity contribution < 1.29 is 24.3 Å². The van der Waals surface area contributed by atoms with Gasteiger partial charge in [-0.25, -0.2) is 35.7 Å². The second kappa shape index (κ2) is 13.9. The largest absolute Gasteiger partial charge is 0.508 e. The predicted octanol–water partition coefficient (Wildman–Crippen LogP) is 2.39. The van der Waals surface area contributed by atoms with Gasteiger partial charge in [-0.05, 0) is 41.7 Å². The Morgan fingerprint density at radius 3 is 1.90 bits per heavy atom. The maximum Gasteiger partial charge on any atom is 0.355 e. The van der Waals surface area contributed by atoms with Crippen LogP contribution in [0.25, 0.3) is 0 Å². The number of nitrogens with one attached hydrogen (secondary N) is 2. The van der Waals surface area contributed by atoms with E-state index in [1.165, 1.54) is 17.0 Å². The highest BCUT2D eigenvalue weighted by Gasteiger charge is 2.37. The quantitative estimate of drug-likeness (QED) is 0.164. The van der Waals surface area contributed by atoms with Gasteiger partial charge in [-0.3, -0.25) is 15.2 Å². The zero-order chi connectivity index (χ0) is 30.1. The second-order valence-electron chi connectivity index (χ2n) is 9.80. The number of nitrogens with two attached hydrogens (primary N) is 2. The molecule has 0 bridgehead atoms. The third-order valence-electron chi connectivity index (χ3n) is 6.69. The van der Waals surface area contributed by atoms with E-state index < -0.39 is 30.0 Å². The Bertz CT molecular complexity index is 1370. The van der Waals surface area contributed by atoms with Crippen LogP contribution in [0.2, 0.25) is 0 Å². The van der Waals surface area contributed by atoms with E-state index in [9.17, 15) is 24.3 Å². The fourth-order valence-electron chi connectivity index (χ4n) is 4.55. The predicted molar refractivity (Wildman–Crippen MR) is 153 cm³/mol. The van der Waals surface area contributed by atoms with Crippen LogP contribution in [-0.4, -0.2) is 61.6 Å². The van der Waals surface area contributed by atoms with Crippen LogP contribution in [0.1, 0.15) is 29.5 Å². The minimum Gasteiger partial charge on any atom is -0.508 e. The third kappa shape index (κ3) is 7.88. The molecule has 1 atom stereocenters. The van der Waals surface area contributed by atoms with Crippen molar-refractivity contribution in [2.24, 2.45) is 11.6 Å². The van der Waals surface area contributed by atoms with Crippen molar-refractivity contribution >= 4 is 24.0 Å². The summed E-state index contributed by atoms with van der Waals surface area (Å²) < 4.78 is 0. The standard InChI is InChI=1S/C29H34N8O5/c30-27(40)36(19-21-8-3-1-4-9-21)33-28(41)37(20-22-10-5-2-6-11-22)32-26(39)25-12-7-17-34(25)29(42)35(31)18-23-13-15-24(38)16-14-23/h1-6,8-11,13-16,25,38H,7,12,17-20,31H2,(H2,30,40)(H,32,39)(H,33,41)/t25-/m0/s1. The molecule has 1 fully saturated rings. The number of nitrogens with zero attached hydrogens (tertiary/aromatic N) is 4. The van der Waals surface area contributed by atoms with Gasteiger partial charge in [0, 0.05) is 6.54 Å². The molecule has 4 rings (SSSR count). The zero-order valence-electron chi connectivity index (χ0n) is 22.9. The van der Waals surface area contributed by atoms with Crippen molar-refractivity contribution in [1.82, 2.24) is 30.8 Å². The number of likely N-dealkylation sites (tertiary alicyclic amines) is 1. The molecule has 13 heteroatoms. The minimum absolute atomic E-state index is 0.00725. The van der Waals surface area contributed by atoms with Crippen LogP contribution in [0.5, 0.6) is 5.75 Å². The van der Waals surface area contributed by atoms with Gasteiger partial charge in [0.2, 0.25) is 0 Å². The topological polar surface area (TPSA) is 178 Å². The molecule has 7 N–H and O–H groups in total. The normalized spacial score (nSPS) is 14.1. The van der Waals surface area contributed by atoms with Crippen LogP contribution < -0.4 is 22.4 Å². The Hall–Kier alpha value is -5.30. The van der Waals surface area contributed by atoms with Crippen LogP contribution in [0.15, 0.2) is 84.9 Å². The van der Waals surface area contributed by atoms with Gasteiger partial charge in [-0.15, -0.1) is 0 Å². The average molecular weight is 575 g/mol. The van der Waals surface area contributed by atoms with E-state index in [4.69, 9.17) is 11.6 Å². The maximum atomic E-state index is 13.5. The maximum absolute atomic E-state index is 13.5. The number of hydrazine groups is 3. The van der Waals surface area contributed by atoms with Crippen molar-refractivity contribution in [1.29, 1.82) is 0 Å². The van der Waals surface area contributed by atoms with E-state index in [1.807, 2.05) is 12.1 Å². The van der Waals surface area contributed by atoms with E-state index in [0.717, 1.165) is 20.6 Å². The lowest BCUT2D eigenvalue weighted by Gasteiger charge is -2.32. The van der Waals surface area contributed by atoms with Crippen molar-refractivity contribution in [3.05, 3.63) is 102 Å². The molecule has 7 amide bonds. The van der Waals surface area contributed by atoms with Crippen LogP contribution >= 0.6 is 0 Å². The number of benzene rings is 3. The Balaban J connectivity index is 1.46. The first-order valence-electron chi connectivity index (χ1n) is 13.4. The van der Waals surface area contributed by atoms with Gasteiger partial charge in [0.1, 0.15) is 11.8 Å². The van der Waals surface area contributed by atoms with Crippen molar-refractivity contribution in [3.63, 3.8) is 0 Å². The van der Waals surface area contributed by atoms with Gasteiger partial charge in [0.15, 0.2) is 0 Å². The number of hydrogen-bond donors (Lipinski definition) is 5. The number of urea groups is 3. The molecule has 220 valence electrons. The number of rotatable bonds is 7. The molecule has 3 aromatic carbocycles. The number of carbonyl (C=O) groups excluding carboxylic acids is 4. The number of aromatic hydroxyl groups is 1. The minimum atomic E-state index is -0.887. The average Bonchev–Trinajstić information content (AvgIpc) is 3.48.